The van der Waals surface area contributed by atoms with Gasteiger partial charge in [0.05, 0.1) is 0 Å². The molecule has 2 aromatic carbocycles. The molecule has 1 amide bonds. The zero-order chi connectivity index (χ0) is 21.1. The fourth-order valence-corrected chi connectivity index (χ4v) is 2.93. The largest absolute Gasteiger partial charge is 0.441 e. The normalized spacial score (nSPS) is 11.8. The number of carbonyl (C=O) groups is 1. The number of nitrogens with zero attached hydrogens (tertiary/aromatic N) is 4. The topological polar surface area (TPSA) is 119 Å². The van der Waals surface area contributed by atoms with Crippen LogP contribution in [0.4, 0.5) is 14.9 Å². The van der Waals surface area contributed by atoms with Crippen LogP contribution in [-0.4, -0.2) is 31.9 Å². The molecular weight excluding hydrogens is 391 g/mol. The van der Waals surface area contributed by atoms with Crippen LogP contribution in [-0.2, 0) is 4.74 Å². The summed E-state index contributed by atoms with van der Waals surface area (Å²) in [5, 5.41) is 20.3. The van der Waals surface area contributed by atoms with E-state index in [2.05, 4.69) is 31.1 Å². The van der Waals surface area contributed by atoms with Gasteiger partial charge in [-0.1, -0.05) is 47.6 Å². The standard InChI is InChI=1S/C20H17FN6O3/c1-11-17(22-20(28)29-12(2)15-5-3-4-6-16(15)21)18(30-25-11)13-7-9-14(10-8-13)19-23-26-27-24-19/h3-10,12H,1-2H3,(H,22,28)(H,23,24,26,27). The first kappa shape index (κ1) is 19.2. The summed E-state index contributed by atoms with van der Waals surface area (Å²) in [6.45, 7) is 3.28. The third kappa shape index (κ3) is 3.88. The van der Waals surface area contributed by atoms with Gasteiger partial charge < -0.3 is 9.26 Å². The first-order valence-corrected chi connectivity index (χ1v) is 9.05. The zero-order valence-electron chi connectivity index (χ0n) is 16.1. The molecule has 0 aliphatic rings. The summed E-state index contributed by atoms with van der Waals surface area (Å²) in [5.74, 6) is 0.378. The van der Waals surface area contributed by atoms with Crippen molar-refractivity contribution in [2.24, 2.45) is 0 Å². The number of nitrogens with one attached hydrogen (secondary N) is 2. The van der Waals surface area contributed by atoms with Gasteiger partial charge in [0.25, 0.3) is 0 Å². The van der Waals surface area contributed by atoms with Gasteiger partial charge >= 0.3 is 6.09 Å². The summed E-state index contributed by atoms with van der Waals surface area (Å²) in [4.78, 5) is 12.4. The first-order valence-electron chi connectivity index (χ1n) is 9.05. The summed E-state index contributed by atoms with van der Waals surface area (Å²) in [6.07, 6.45) is -1.52. The van der Waals surface area contributed by atoms with Gasteiger partial charge in [-0.25, -0.2) is 9.18 Å². The Kier molecular flexibility index (Phi) is 5.21. The minimum atomic E-state index is -0.774. The minimum Gasteiger partial charge on any atom is -0.441 e. The fourth-order valence-electron chi connectivity index (χ4n) is 2.93. The van der Waals surface area contributed by atoms with E-state index in [9.17, 15) is 9.18 Å². The summed E-state index contributed by atoms with van der Waals surface area (Å²) in [7, 11) is 0. The number of tetrazole rings is 1. The molecular formula is C20H17FN6O3. The lowest BCUT2D eigenvalue weighted by Gasteiger charge is -2.15. The molecule has 0 saturated carbocycles. The molecule has 0 saturated heterocycles. The van der Waals surface area contributed by atoms with Gasteiger partial charge in [-0.05, 0) is 25.1 Å². The Morgan fingerprint density at radius 1 is 1.17 bits per heavy atom. The van der Waals surface area contributed by atoms with E-state index in [1.807, 2.05) is 0 Å². The van der Waals surface area contributed by atoms with Crippen LogP contribution in [0.25, 0.3) is 22.7 Å². The molecule has 0 radical (unpaired) electrons. The number of rotatable bonds is 5. The summed E-state index contributed by atoms with van der Waals surface area (Å²) >= 11 is 0. The third-order valence-corrected chi connectivity index (χ3v) is 4.47. The van der Waals surface area contributed by atoms with Crippen LogP contribution in [0.2, 0.25) is 0 Å². The van der Waals surface area contributed by atoms with Crippen molar-refractivity contribution in [1.29, 1.82) is 0 Å². The molecule has 1 atom stereocenters. The molecule has 1 unspecified atom stereocenters. The highest BCUT2D eigenvalue weighted by atomic mass is 19.1. The monoisotopic (exact) mass is 408 g/mol. The number of hydrogen-bond acceptors (Lipinski definition) is 7. The maximum Gasteiger partial charge on any atom is 0.412 e. The van der Waals surface area contributed by atoms with Crippen molar-refractivity contribution < 1.29 is 18.4 Å². The van der Waals surface area contributed by atoms with Crippen molar-refractivity contribution in [3.8, 4) is 22.7 Å². The van der Waals surface area contributed by atoms with Crippen molar-refractivity contribution in [1.82, 2.24) is 25.8 Å². The fraction of sp³-hybridized carbons (Fsp3) is 0.150. The Balaban J connectivity index is 1.51. The lowest BCUT2D eigenvalue weighted by molar-refractivity contribution is 0.119. The number of hydrogen-bond donors (Lipinski definition) is 2. The van der Waals surface area contributed by atoms with Crippen LogP contribution in [0.15, 0.2) is 53.1 Å². The van der Waals surface area contributed by atoms with Crippen LogP contribution in [0, 0.1) is 12.7 Å². The number of benzene rings is 2. The molecule has 0 fully saturated rings. The lowest BCUT2D eigenvalue weighted by Crippen LogP contribution is -2.17. The predicted octanol–water partition coefficient (Wildman–Crippen LogP) is 4.28. The van der Waals surface area contributed by atoms with Gasteiger partial charge in [0.15, 0.2) is 5.76 Å². The maximum atomic E-state index is 13.9. The number of amides is 1. The average Bonchev–Trinajstić information content (AvgIpc) is 3.39. The number of ether oxygens (including phenoxy) is 1. The molecule has 2 aromatic heterocycles. The van der Waals surface area contributed by atoms with Gasteiger partial charge in [-0.2, -0.15) is 5.21 Å². The highest BCUT2D eigenvalue weighted by Crippen LogP contribution is 2.32. The van der Waals surface area contributed by atoms with Crippen LogP contribution in [0.1, 0.15) is 24.3 Å². The van der Waals surface area contributed by atoms with Gasteiger partial charge in [0, 0.05) is 16.7 Å². The van der Waals surface area contributed by atoms with E-state index in [4.69, 9.17) is 9.26 Å². The molecule has 0 bridgehead atoms. The Hall–Kier alpha value is -4.08. The Morgan fingerprint density at radius 2 is 1.90 bits per heavy atom. The van der Waals surface area contributed by atoms with Crippen molar-refractivity contribution in [3.63, 3.8) is 0 Å². The summed E-state index contributed by atoms with van der Waals surface area (Å²) in [6, 6.07) is 13.3. The molecule has 4 aromatic rings. The average molecular weight is 408 g/mol. The number of carbonyl (C=O) groups excluding carboxylic acids is 1. The molecule has 2 heterocycles. The first-order chi connectivity index (χ1) is 14.5. The molecule has 2 N–H and O–H groups in total. The van der Waals surface area contributed by atoms with Crippen LogP contribution in [0.5, 0.6) is 0 Å². The maximum absolute atomic E-state index is 13.9. The number of aromatic nitrogens is 5. The third-order valence-electron chi connectivity index (χ3n) is 4.47. The zero-order valence-corrected chi connectivity index (χ0v) is 16.1. The van der Waals surface area contributed by atoms with E-state index >= 15 is 0 Å². The molecule has 4 rings (SSSR count). The number of aromatic amines is 1. The minimum absolute atomic E-state index is 0.284. The highest BCUT2D eigenvalue weighted by molar-refractivity contribution is 5.91. The molecule has 9 nitrogen and oxygen atoms in total. The quantitative estimate of drug-likeness (QED) is 0.506. The van der Waals surface area contributed by atoms with Gasteiger partial charge in [0.1, 0.15) is 23.3 Å². The smallest absolute Gasteiger partial charge is 0.412 e. The van der Waals surface area contributed by atoms with Crippen LogP contribution in [0.3, 0.4) is 0 Å². The second-order valence-electron chi connectivity index (χ2n) is 6.48. The van der Waals surface area contributed by atoms with Gasteiger partial charge in [-0.3, -0.25) is 5.32 Å². The number of H-pyrrole nitrogens is 1. The van der Waals surface area contributed by atoms with E-state index in [0.717, 1.165) is 5.56 Å². The molecule has 0 spiro atoms. The second kappa shape index (κ2) is 8.11. The van der Waals surface area contributed by atoms with E-state index < -0.39 is 18.0 Å². The van der Waals surface area contributed by atoms with Crippen LogP contribution >= 0.6 is 0 Å². The molecule has 0 aliphatic heterocycles. The van der Waals surface area contributed by atoms with Gasteiger partial charge in [-0.15, -0.1) is 10.2 Å². The Morgan fingerprint density at radius 3 is 2.60 bits per heavy atom. The predicted molar refractivity (Wildman–Crippen MR) is 105 cm³/mol. The van der Waals surface area contributed by atoms with Gasteiger partial charge in [0.2, 0.25) is 5.82 Å². The summed E-state index contributed by atoms with van der Waals surface area (Å²) < 4.78 is 24.6. The van der Waals surface area contributed by atoms with Crippen molar-refractivity contribution >= 4 is 11.8 Å². The highest BCUT2D eigenvalue weighted by Gasteiger charge is 2.21. The molecule has 0 aliphatic carbocycles. The van der Waals surface area contributed by atoms with E-state index in [1.165, 1.54) is 6.07 Å². The Labute approximate surface area is 170 Å². The Bertz CT molecular complexity index is 1160. The van der Waals surface area contributed by atoms with E-state index in [1.54, 1.807) is 56.3 Å². The van der Waals surface area contributed by atoms with E-state index in [-0.39, 0.29) is 5.56 Å². The summed E-state index contributed by atoms with van der Waals surface area (Å²) in [5.41, 5.74) is 2.57. The number of aryl methyl sites for hydroxylation is 1. The second-order valence-corrected chi connectivity index (χ2v) is 6.48. The van der Waals surface area contributed by atoms with Crippen molar-refractivity contribution in [2.75, 3.05) is 5.32 Å². The van der Waals surface area contributed by atoms with Crippen LogP contribution < -0.4 is 5.32 Å². The lowest BCUT2D eigenvalue weighted by atomic mass is 10.1. The number of anilines is 1. The SMILES string of the molecule is Cc1noc(-c2ccc(-c3nn[nH]n3)cc2)c1NC(=O)OC(C)c1ccccc1F. The van der Waals surface area contributed by atoms with Crippen molar-refractivity contribution in [3.05, 3.63) is 65.6 Å². The molecule has 152 valence electrons. The van der Waals surface area contributed by atoms with Crippen molar-refractivity contribution in [2.45, 2.75) is 20.0 Å². The van der Waals surface area contributed by atoms with E-state index in [0.29, 0.717) is 28.5 Å². The molecule has 30 heavy (non-hydrogen) atoms. The number of halogens is 1. The molecule has 10 heteroatoms.